The molecule has 0 saturated carbocycles. The van der Waals surface area contributed by atoms with Gasteiger partial charge in [-0.25, -0.2) is 4.98 Å². The van der Waals surface area contributed by atoms with E-state index in [-0.39, 0.29) is 29.9 Å². The summed E-state index contributed by atoms with van der Waals surface area (Å²) in [4.78, 5) is 23.9. The van der Waals surface area contributed by atoms with Gasteiger partial charge in [0.15, 0.2) is 5.96 Å². The molecular weight excluding hydrogens is 475 g/mol. The number of amides is 1. The minimum absolute atomic E-state index is 0. The van der Waals surface area contributed by atoms with Crippen molar-refractivity contribution in [2.24, 2.45) is 4.99 Å². The van der Waals surface area contributed by atoms with Crippen LogP contribution in [0, 0.1) is 6.92 Å². The lowest BCUT2D eigenvalue weighted by molar-refractivity contribution is 0.0957. The number of rotatable bonds is 10. The molecule has 27 heavy (non-hydrogen) atoms. The number of carbonyl (C=O) groups excluding carboxylic acids is 1. The monoisotopic (exact) mass is 510 g/mol. The van der Waals surface area contributed by atoms with E-state index in [0.29, 0.717) is 30.1 Å². The van der Waals surface area contributed by atoms with Crippen LogP contribution in [0.3, 0.4) is 0 Å². The van der Waals surface area contributed by atoms with Gasteiger partial charge in [-0.2, -0.15) is 0 Å². The molecule has 0 spiro atoms. The van der Waals surface area contributed by atoms with Gasteiger partial charge in [-0.15, -0.1) is 35.3 Å². The molecule has 0 unspecified atom stereocenters. The molecule has 9 heteroatoms. The van der Waals surface area contributed by atoms with Crippen molar-refractivity contribution in [3.8, 4) is 0 Å². The summed E-state index contributed by atoms with van der Waals surface area (Å²) in [5, 5.41) is 9.41. The fraction of sp³-hybridized carbons (Fsp3) is 0.722. The van der Waals surface area contributed by atoms with Gasteiger partial charge in [-0.1, -0.05) is 0 Å². The van der Waals surface area contributed by atoms with E-state index in [1.165, 1.54) is 11.3 Å². The third kappa shape index (κ3) is 9.70. The number of nitrogens with one attached hydrogen (secondary N) is 3. The van der Waals surface area contributed by atoms with Gasteiger partial charge < -0.3 is 16.0 Å². The molecular formula is C18H35IN6OS. The summed E-state index contributed by atoms with van der Waals surface area (Å²) in [5.74, 6) is 0.710. The Kier molecular flexibility index (Phi) is 13.6. The number of aryl methyl sites for hydroxylation is 1. The third-order valence-corrected chi connectivity index (χ3v) is 4.88. The van der Waals surface area contributed by atoms with Crippen LogP contribution < -0.4 is 16.0 Å². The zero-order chi connectivity index (χ0) is 19.5. The maximum Gasteiger partial charge on any atom is 0.263 e. The summed E-state index contributed by atoms with van der Waals surface area (Å²) < 4.78 is 0. The number of carbonyl (C=O) groups is 1. The van der Waals surface area contributed by atoms with Crippen molar-refractivity contribution in [1.82, 2.24) is 25.8 Å². The van der Waals surface area contributed by atoms with Crippen molar-refractivity contribution >= 4 is 47.2 Å². The molecule has 1 amide bonds. The van der Waals surface area contributed by atoms with Crippen LogP contribution >= 0.6 is 35.3 Å². The Morgan fingerprint density at radius 3 is 2.33 bits per heavy atom. The van der Waals surface area contributed by atoms with Crippen LogP contribution in [0.25, 0.3) is 0 Å². The Labute approximate surface area is 184 Å². The van der Waals surface area contributed by atoms with Crippen molar-refractivity contribution in [3.63, 3.8) is 0 Å². The third-order valence-electron chi connectivity index (χ3n) is 3.95. The Bertz CT molecular complexity index is 568. The second-order valence-corrected chi connectivity index (χ2v) is 7.49. The first-order chi connectivity index (χ1) is 12.4. The van der Waals surface area contributed by atoms with Gasteiger partial charge >= 0.3 is 0 Å². The number of aliphatic imine (C=N–C) groups is 1. The summed E-state index contributed by atoms with van der Waals surface area (Å²) in [6, 6.07) is 1.01. The molecule has 0 aliphatic carbocycles. The summed E-state index contributed by atoms with van der Waals surface area (Å²) in [6.45, 7) is 16.3. The van der Waals surface area contributed by atoms with Crippen molar-refractivity contribution in [1.29, 1.82) is 0 Å². The average Bonchev–Trinajstić information content (AvgIpc) is 3.00. The first-order valence-electron chi connectivity index (χ1n) is 9.33. The van der Waals surface area contributed by atoms with E-state index >= 15 is 0 Å². The fourth-order valence-electron chi connectivity index (χ4n) is 2.69. The first-order valence-corrected chi connectivity index (χ1v) is 10.2. The number of nitrogens with zero attached hydrogens (tertiary/aromatic N) is 3. The van der Waals surface area contributed by atoms with E-state index in [1.807, 2.05) is 13.8 Å². The number of aromatic nitrogens is 1. The van der Waals surface area contributed by atoms with Crippen LogP contribution in [0.1, 0.15) is 50.0 Å². The van der Waals surface area contributed by atoms with Gasteiger partial charge in [-0.05, 0) is 41.5 Å². The quantitative estimate of drug-likeness (QED) is 0.195. The molecule has 1 aromatic rings. The minimum atomic E-state index is -0.0711. The highest BCUT2D eigenvalue weighted by Crippen LogP contribution is 2.11. The number of guanidine groups is 1. The molecule has 156 valence electrons. The summed E-state index contributed by atoms with van der Waals surface area (Å²) >= 11 is 1.36. The van der Waals surface area contributed by atoms with Gasteiger partial charge in [0.25, 0.3) is 5.91 Å². The van der Waals surface area contributed by atoms with Gasteiger partial charge in [0.05, 0.1) is 17.7 Å². The highest BCUT2D eigenvalue weighted by atomic mass is 127. The van der Waals surface area contributed by atoms with Crippen LogP contribution in [0.2, 0.25) is 0 Å². The largest absolute Gasteiger partial charge is 0.357 e. The Morgan fingerprint density at radius 1 is 1.19 bits per heavy atom. The standard InChI is InChI=1S/C18H34N6OS.HI/c1-7-19-18(22-10-11-24(13(2)3)14(4)5)21-9-8-20-17(25)16-15(6)23-12-26-16;/h12-14H,7-11H2,1-6H3,(H,20,25)(H2,19,21,22);1H. The van der Waals surface area contributed by atoms with Gasteiger partial charge in [0.2, 0.25) is 0 Å². The maximum atomic E-state index is 12.1. The van der Waals surface area contributed by atoms with E-state index < -0.39 is 0 Å². The molecule has 1 heterocycles. The normalized spacial score (nSPS) is 11.7. The predicted molar refractivity (Wildman–Crippen MR) is 126 cm³/mol. The smallest absolute Gasteiger partial charge is 0.263 e. The zero-order valence-corrected chi connectivity index (χ0v) is 20.5. The molecule has 7 nitrogen and oxygen atoms in total. The molecule has 0 aliphatic heterocycles. The highest BCUT2D eigenvalue weighted by Gasteiger charge is 2.12. The Hall–Kier alpha value is -0.940. The minimum Gasteiger partial charge on any atom is -0.357 e. The van der Waals surface area contributed by atoms with Crippen molar-refractivity contribution in [2.75, 3.05) is 32.7 Å². The van der Waals surface area contributed by atoms with E-state index in [4.69, 9.17) is 0 Å². The van der Waals surface area contributed by atoms with Crippen LogP contribution in [0.4, 0.5) is 0 Å². The van der Waals surface area contributed by atoms with Crippen LogP contribution in [-0.4, -0.2) is 66.6 Å². The Morgan fingerprint density at radius 2 is 1.81 bits per heavy atom. The predicted octanol–water partition coefficient (Wildman–Crippen LogP) is 2.47. The molecule has 0 radical (unpaired) electrons. The Balaban J connectivity index is 0.00000676. The van der Waals surface area contributed by atoms with E-state index in [9.17, 15) is 4.79 Å². The number of hydrogen-bond acceptors (Lipinski definition) is 5. The topological polar surface area (TPSA) is 81.7 Å². The molecule has 1 rings (SSSR count). The van der Waals surface area contributed by atoms with Crippen LogP contribution in [0.5, 0.6) is 0 Å². The number of thiazole rings is 1. The highest BCUT2D eigenvalue weighted by molar-refractivity contribution is 14.0. The van der Waals surface area contributed by atoms with E-state index in [1.54, 1.807) is 5.51 Å². The lowest BCUT2D eigenvalue weighted by Crippen LogP contribution is -2.42. The number of halogens is 1. The lowest BCUT2D eigenvalue weighted by Gasteiger charge is -2.29. The second kappa shape index (κ2) is 14.1. The SMILES string of the molecule is CCNC(=NCCN(C(C)C)C(C)C)NCCNC(=O)c1scnc1C.I. The van der Waals surface area contributed by atoms with Gasteiger partial charge in [0, 0.05) is 38.3 Å². The van der Waals surface area contributed by atoms with Crippen molar-refractivity contribution in [3.05, 3.63) is 16.1 Å². The number of hydrogen-bond donors (Lipinski definition) is 3. The average molecular weight is 510 g/mol. The van der Waals surface area contributed by atoms with Gasteiger partial charge in [-0.3, -0.25) is 14.7 Å². The molecule has 0 aromatic carbocycles. The lowest BCUT2D eigenvalue weighted by atomic mass is 10.2. The van der Waals surface area contributed by atoms with Gasteiger partial charge in [0.1, 0.15) is 4.88 Å². The first kappa shape index (κ1) is 26.1. The van der Waals surface area contributed by atoms with Crippen LogP contribution in [0.15, 0.2) is 10.5 Å². The maximum absolute atomic E-state index is 12.1. The fourth-order valence-corrected chi connectivity index (χ4v) is 3.41. The summed E-state index contributed by atoms with van der Waals surface area (Å²) in [5.41, 5.74) is 2.46. The molecule has 0 atom stereocenters. The molecule has 0 aliphatic rings. The second-order valence-electron chi connectivity index (χ2n) is 6.64. The summed E-state index contributed by atoms with van der Waals surface area (Å²) in [6.07, 6.45) is 0. The zero-order valence-electron chi connectivity index (χ0n) is 17.3. The molecule has 0 saturated heterocycles. The van der Waals surface area contributed by atoms with Crippen molar-refractivity contribution in [2.45, 2.75) is 53.6 Å². The molecule has 3 N–H and O–H groups in total. The van der Waals surface area contributed by atoms with E-state index in [2.05, 4.69) is 58.5 Å². The van der Waals surface area contributed by atoms with Crippen molar-refractivity contribution < 1.29 is 4.79 Å². The van der Waals surface area contributed by atoms with E-state index in [0.717, 1.165) is 31.3 Å². The molecule has 1 aromatic heterocycles. The molecule has 0 fully saturated rings. The molecule has 0 bridgehead atoms. The van der Waals surface area contributed by atoms with Crippen LogP contribution in [-0.2, 0) is 0 Å². The summed E-state index contributed by atoms with van der Waals surface area (Å²) in [7, 11) is 0.